The summed E-state index contributed by atoms with van der Waals surface area (Å²) in [6, 6.07) is 5.84. The quantitative estimate of drug-likeness (QED) is 0.145. The maximum absolute atomic E-state index is 5.65. The molecule has 0 bridgehead atoms. The first-order valence-electron chi connectivity index (χ1n) is 11.7. The van der Waals surface area contributed by atoms with E-state index >= 15 is 0 Å². The van der Waals surface area contributed by atoms with Crippen molar-refractivity contribution >= 4 is 12.8 Å². The molecular weight excluding hydrogens is 360 g/mol. The summed E-state index contributed by atoms with van der Waals surface area (Å²) < 4.78 is 11.3. The number of aliphatic imine (C=N–C) groups is 2. The summed E-state index contributed by atoms with van der Waals surface area (Å²) in [5.74, 6) is 1.49. The number of nitrogens with zero attached hydrogens (tertiary/aromatic N) is 2. The van der Waals surface area contributed by atoms with E-state index in [0.717, 1.165) is 43.0 Å². The van der Waals surface area contributed by atoms with E-state index in [-0.39, 0.29) is 0 Å². The van der Waals surface area contributed by atoms with Crippen LogP contribution >= 0.6 is 0 Å². The topological polar surface area (TPSA) is 43.2 Å². The highest BCUT2D eigenvalue weighted by molar-refractivity contribution is 5.56. The minimum atomic E-state index is 0.746. The van der Waals surface area contributed by atoms with Gasteiger partial charge in [-0.25, -0.2) is 0 Å². The summed E-state index contributed by atoms with van der Waals surface area (Å²) in [7, 11) is 0. The second kappa shape index (κ2) is 18.2. The van der Waals surface area contributed by atoms with Crippen molar-refractivity contribution in [2.75, 3.05) is 13.1 Å². The molecule has 0 aliphatic heterocycles. The third-order valence-corrected chi connectivity index (χ3v) is 4.83. The molecule has 0 heterocycles. The van der Waals surface area contributed by atoms with Crippen molar-refractivity contribution in [3.63, 3.8) is 0 Å². The highest BCUT2D eigenvalue weighted by atomic mass is 16.5. The first-order valence-corrected chi connectivity index (χ1v) is 11.7. The Bertz CT molecular complexity index is 524. The van der Waals surface area contributed by atoms with Crippen LogP contribution in [0.5, 0.6) is 11.5 Å². The third kappa shape index (κ3) is 14.8. The average Bonchev–Trinajstić information content (AvgIpc) is 2.71. The first-order chi connectivity index (χ1) is 14.3. The highest BCUT2D eigenvalue weighted by Gasteiger charge is 2.00. The predicted octanol–water partition coefficient (Wildman–Crippen LogP) is 7.53. The number of ether oxygens (including phenoxy) is 2. The number of rotatable bonds is 18. The van der Waals surface area contributed by atoms with Crippen molar-refractivity contribution in [3.05, 3.63) is 23.8 Å². The molecule has 0 amide bonds. The van der Waals surface area contributed by atoms with Crippen LogP contribution in [0.3, 0.4) is 0 Å². The van der Waals surface area contributed by atoms with Gasteiger partial charge in [0.05, 0.1) is 0 Å². The van der Waals surface area contributed by atoms with E-state index in [4.69, 9.17) is 9.47 Å². The summed E-state index contributed by atoms with van der Waals surface area (Å²) in [5.41, 5.74) is 1.09. The van der Waals surface area contributed by atoms with Gasteiger partial charge in [0.2, 0.25) is 0 Å². The zero-order valence-electron chi connectivity index (χ0n) is 19.0. The van der Waals surface area contributed by atoms with Crippen molar-refractivity contribution < 1.29 is 9.47 Å². The molecule has 1 aromatic rings. The van der Waals surface area contributed by atoms with Crippen molar-refractivity contribution in [3.8, 4) is 11.5 Å². The van der Waals surface area contributed by atoms with Crippen molar-refractivity contribution in [1.29, 1.82) is 0 Å². The Labute approximate surface area is 178 Å². The Kier molecular flexibility index (Phi) is 15.8. The Morgan fingerprint density at radius 1 is 0.621 bits per heavy atom. The second-order valence-electron chi connectivity index (χ2n) is 7.78. The van der Waals surface area contributed by atoms with Gasteiger partial charge in [-0.1, -0.05) is 78.1 Å². The van der Waals surface area contributed by atoms with Gasteiger partial charge >= 0.3 is 0 Å². The zero-order valence-corrected chi connectivity index (χ0v) is 19.0. The van der Waals surface area contributed by atoms with Crippen molar-refractivity contribution in [2.45, 2.75) is 97.8 Å². The summed E-state index contributed by atoms with van der Waals surface area (Å²) in [5, 5.41) is 0. The first kappa shape index (κ1) is 25.2. The molecule has 0 fully saturated rings. The molecule has 0 spiro atoms. The third-order valence-electron chi connectivity index (χ3n) is 4.83. The van der Waals surface area contributed by atoms with Crippen LogP contribution < -0.4 is 9.47 Å². The van der Waals surface area contributed by atoms with Gasteiger partial charge in [0, 0.05) is 19.2 Å². The van der Waals surface area contributed by atoms with Gasteiger partial charge in [0.1, 0.15) is 11.5 Å². The lowest BCUT2D eigenvalue weighted by molar-refractivity contribution is 0.540. The van der Waals surface area contributed by atoms with E-state index in [2.05, 4.69) is 23.8 Å². The van der Waals surface area contributed by atoms with Gasteiger partial charge in [-0.15, -0.1) is 0 Å². The lowest BCUT2D eigenvalue weighted by atomic mass is 10.1. The van der Waals surface area contributed by atoms with Crippen LogP contribution in [-0.4, -0.2) is 25.9 Å². The summed E-state index contributed by atoms with van der Waals surface area (Å²) in [6.45, 7) is 8.17. The standard InChI is InChI=1S/C25H42N2O2/c1-4-6-8-10-12-14-16-26-21-28-24-18-23(3)19-25(20-24)29-22-27-17-15-13-11-9-7-5-2/h18-22H,4-17H2,1-3H3. The lowest BCUT2D eigenvalue weighted by Gasteiger charge is -2.05. The van der Waals surface area contributed by atoms with Gasteiger partial charge in [0.25, 0.3) is 0 Å². The monoisotopic (exact) mass is 402 g/mol. The molecule has 0 aliphatic rings. The minimum absolute atomic E-state index is 0.746. The van der Waals surface area contributed by atoms with Gasteiger partial charge in [-0.2, -0.15) is 0 Å². The number of benzene rings is 1. The summed E-state index contributed by atoms with van der Waals surface area (Å²) in [4.78, 5) is 8.70. The maximum atomic E-state index is 5.65. The lowest BCUT2D eigenvalue weighted by Crippen LogP contribution is -1.96. The Hall–Kier alpha value is -1.84. The van der Waals surface area contributed by atoms with Gasteiger partial charge in [0.15, 0.2) is 12.8 Å². The average molecular weight is 403 g/mol. The predicted molar refractivity (Wildman–Crippen MR) is 126 cm³/mol. The largest absolute Gasteiger partial charge is 0.446 e. The molecule has 0 unspecified atom stereocenters. The van der Waals surface area contributed by atoms with E-state index in [9.17, 15) is 0 Å². The second-order valence-corrected chi connectivity index (χ2v) is 7.78. The molecule has 4 heteroatoms. The minimum Gasteiger partial charge on any atom is -0.446 e. The fourth-order valence-corrected chi connectivity index (χ4v) is 3.12. The van der Waals surface area contributed by atoms with Crippen LogP contribution in [0.2, 0.25) is 0 Å². The molecule has 0 aliphatic carbocycles. The van der Waals surface area contributed by atoms with Crippen LogP contribution in [0, 0.1) is 6.92 Å². The van der Waals surface area contributed by atoms with Gasteiger partial charge < -0.3 is 9.47 Å². The molecule has 1 aromatic carbocycles. The number of hydrogen-bond acceptors (Lipinski definition) is 4. The molecule has 1 rings (SSSR count). The Morgan fingerprint density at radius 2 is 1.03 bits per heavy atom. The van der Waals surface area contributed by atoms with Gasteiger partial charge in [-0.05, 0) is 37.5 Å². The summed E-state index contributed by atoms with van der Waals surface area (Å²) >= 11 is 0. The molecule has 0 atom stereocenters. The van der Waals surface area contributed by atoms with Crippen LogP contribution in [0.1, 0.15) is 96.5 Å². The molecule has 0 saturated heterocycles. The van der Waals surface area contributed by atoms with Crippen LogP contribution in [0.15, 0.2) is 28.2 Å². The van der Waals surface area contributed by atoms with Crippen molar-refractivity contribution in [1.82, 2.24) is 0 Å². The van der Waals surface area contributed by atoms with Crippen LogP contribution in [0.25, 0.3) is 0 Å². The fraction of sp³-hybridized carbons (Fsp3) is 0.680. The van der Waals surface area contributed by atoms with Crippen molar-refractivity contribution in [2.24, 2.45) is 9.98 Å². The number of unbranched alkanes of at least 4 members (excludes halogenated alkanes) is 10. The zero-order chi connectivity index (χ0) is 21.0. The number of hydrogen-bond donors (Lipinski definition) is 0. The molecular formula is C25H42N2O2. The van der Waals surface area contributed by atoms with E-state index in [1.165, 1.54) is 64.2 Å². The molecule has 0 saturated carbocycles. The Balaban J connectivity index is 2.23. The van der Waals surface area contributed by atoms with Gasteiger partial charge in [-0.3, -0.25) is 9.98 Å². The number of aryl methyl sites for hydroxylation is 1. The van der Waals surface area contributed by atoms with E-state index in [1.807, 2.05) is 25.1 Å². The molecule has 4 nitrogen and oxygen atoms in total. The molecule has 0 radical (unpaired) electrons. The Morgan fingerprint density at radius 3 is 1.48 bits per heavy atom. The molecule has 29 heavy (non-hydrogen) atoms. The normalized spacial score (nSPS) is 11.6. The van der Waals surface area contributed by atoms with E-state index in [0.29, 0.717) is 0 Å². The molecule has 0 N–H and O–H groups in total. The molecule has 164 valence electrons. The van der Waals surface area contributed by atoms with Crippen LogP contribution in [-0.2, 0) is 0 Å². The SMILES string of the molecule is CCCCCCCCN=COc1cc(C)cc(OC=NCCCCCCCC)c1. The maximum Gasteiger partial charge on any atom is 0.176 e. The van der Waals surface area contributed by atoms with E-state index in [1.54, 1.807) is 12.8 Å². The summed E-state index contributed by atoms with van der Waals surface area (Å²) in [6.07, 6.45) is 18.4. The van der Waals surface area contributed by atoms with E-state index < -0.39 is 0 Å². The highest BCUT2D eigenvalue weighted by Crippen LogP contribution is 2.22. The molecule has 0 aromatic heterocycles. The fourth-order valence-electron chi connectivity index (χ4n) is 3.12. The smallest absolute Gasteiger partial charge is 0.176 e. The van der Waals surface area contributed by atoms with Crippen LogP contribution in [0.4, 0.5) is 0 Å².